The first-order valence-electron chi connectivity index (χ1n) is 11.6. The molecule has 1 aliphatic rings. The van der Waals surface area contributed by atoms with Crippen LogP contribution in [0.15, 0.2) is 97.3 Å². The van der Waals surface area contributed by atoms with Crippen molar-refractivity contribution in [2.24, 2.45) is 0 Å². The van der Waals surface area contributed by atoms with Crippen molar-refractivity contribution in [1.29, 1.82) is 0 Å². The number of aromatic nitrogens is 1. The van der Waals surface area contributed by atoms with Gasteiger partial charge in [0.25, 0.3) is 0 Å². The molecule has 0 bridgehead atoms. The molecule has 0 amide bonds. The third-order valence-corrected chi connectivity index (χ3v) is 6.07. The van der Waals surface area contributed by atoms with Crippen LogP contribution in [0.25, 0.3) is 11.1 Å². The monoisotopic (exact) mass is 449 g/mol. The van der Waals surface area contributed by atoms with Gasteiger partial charge >= 0.3 is 0 Å². The van der Waals surface area contributed by atoms with E-state index in [-0.39, 0.29) is 0 Å². The zero-order valence-electron chi connectivity index (χ0n) is 19.0. The van der Waals surface area contributed by atoms with Crippen molar-refractivity contribution in [3.63, 3.8) is 0 Å². The van der Waals surface area contributed by atoms with E-state index in [1.54, 1.807) is 12.3 Å². The molecule has 0 radical (unpaired) electrons. The number of fused-ring (bicyclic) bond motifs is 1. The number of allylic oxidation sites excluding steroid dienone is 1. The maximum Gasteiger partial charge on any atom is 0.119 e. The second kappa shape index (κ2) is 10.4. The van der Waals surface area contributed by atoms with Gasteiger partial charge in [-0.2, -0.15) is 0 Å². The van der Waals surface area contributed by atoms with Crippen LogP contribution >= 0.6 is 0 Å². The van der Waals surface area contributed by atoms with E-state index in [2.05, 4.69) is 35.3 Å². The van der Waals surface area contributed by atoms with Gasteiger partial charge in [-0.25, -0.2) is 0 Å². The smallest absolute Gasteiger partial charge is 0.119 e. The minimum atomic E-state index is 0.307. The van der Waals surface area contributed by atoms with E-state index >= 15 is 0 Å². The first-order valence-corrected chi connectivity index (χ1v) is 11.6. The predicted molar refractivity (Wildman–Crippen MR) is 135 cm³/mol. The number of benzene rings is 3. The van der Waals surface area contributed by atoms with E-state index in [1.165, 1.54) is 16.7 Å². The second-order valence-corrected chi connectivity index (χ2v) is 8.35. The highest BCUT2D eigenvalue weighted by Crippen LogP contribution is 2.41. The number of nitrogens with zero attached hydrogens (tertiary/aromatic N) is 1. The minimum absolute atomic E-state index is 0.307. The molecule has 0 spiro atoms. The average molecular weight is 450 g/mol. The van der Waals surface area contributed by atoms with Gasteiger partial charge in [-0.15, -0.1) is 0 Å². The standard InChI is InChI=1S/C30H27NO3/c32-26-11-15-28-24(19-26)10-14-29(25-7-4-16-31-20-25)30(28)23-8-12-27(13-9-23)34-18-17-33-21-22-5-2-1-3-6-22/h1-9,11-13,15-16,19-20,32H,10,14,17-18,21H2. The predicted octanol–water partition coefficient (Wildman–Crippen LogP) is 6.29. The second-order valence-electron chi connectivity index (χ2n) is 8.35. The summed E-state index contributed by atoms with van der Waals surface area (Å²) in [7, 11) is 0. The molecule has 0 saturated heterocycles. The Labute approximate surface area is 200 Å². The number of pyridine rings is 1. The van der Waals surface area contributed by atoms with Crippen LogP contribution in [0.5, 0.6) is 11.5 Å². The average Bonchev–Trinajstić information content (AvgIpc) is 2.89. The van der Waals surface area contributed by atoms with Gasteiger partial charge in [0.2, 0.25) is 0 Å². The lowest BCUT2D eigenvalue weighted by Gasteiger charge is -2.24. The number of phenols is 1. The molecular formula is C30H27NO3. The molecule has 0 aliphatic heterocycles. The fourth-order valence-electron chi connectivity index (χ4n) is 4.44. The van der Waals surface area contributed by atoms with E-state index in [9.17, 15) is 5.11 Å². The highest BCUT2D eigenvalue weighted by molar-refractivity contribution is 6.00. The van der Waals surface area contributed by atoms with Crippen molar-refractivity contribution in [2.45, 2.75) is 19.4 Å². The van der Waals surface area contributed by atoms with Gasteiger partial charge in [0.1, 0.15) is 18.1 Å². The van der Waals surface area contributed by atoms with Crippen molar-refractivity contribution < 1.29 is 14.6 Å². The highest BCUT2D eigenvalue weighted by Gasteiger charge is 2.22. The van der Waals surface area contributed by atoms with Crippen LogP contribution < -0.4 is 4.74 Å². The Kier molecular flexibility index (Phi) is 6.68. The number of aryl methyl sites for hydroxylation is 1. The van der Waals surface area contributed by atoms with Gasteiger partial charge < -0.3 is 14.6 Å². The lowest BCUT2D eigenvalue weighted by Crippen LogP contribution is -2.07. The van der Waals surface area contributed by atoms with Crippen LogP contribution in [-0.4, -0.2) is 23.3 Å². The zero-order chi connectivity index (χ0) is 23.2. The highest BCUT2D eigenvalue weighted by atomic mass is 16.5. The van der Waals surface area contributed by atoms with Crippen molar-refractivity contribution in [3.05, 3.63) is 125 Å². The third-order valence-electron chi connectivity index (χ3n) is 6.07. The molecule has 0 saturated carbocycles. The van der Waals surface area contributed by atoms with Crippen LogP contribution in [0, 0.1) is 0 Å². The van der Waals surface area contributed by atoms with Gasteiger partial charge in [0, 0.05) is 12.4 Å². The van der Waals surface area contributed by atoms with Crippen LogP contribution in [0.2, 0.25) is 0 Å². The molecule has 170 valence electrons. The number of hydrogen-bond donors (Lipinski definition) is 1. The van der Waals surface area contributed by atoms with E-state index in [0.29, 0.717) is 25.6 Å². The maximum atomic E-state index is 10.00. The third kappa shape index (κ3) is 5.03. The Hall–Kier alpha value is -3.89. The van der Waals surface area contributed by atoms with Gasteiger partial charge in [0.05, 0.1) is 13.2 Å². The number of aromatic hydroxyl groups is 1. The lowest BCUT2D eigenvalue weighted by molar-refractivity contribution is 0.0889. The van der Waals surface area contributed by atoms with Crippen molar-refractivity contribution in [1.82, 2.24) is 4.98 Å². The number of phenolic OH excluding ortho intramolecular Hbond substituents is 1. The largest absolute Gasteiger partial charge is 0.508 e. The number of rotatable bonds is 8. The Morgan fingerprint density at radius 1 is 0.794 bits per heavy atom. The van der Waals surface area contributed by atoms with E-state index in [1.807, 2.05) is 54.7 Å². The molecule has 1 aliphatic carbocycles. The maximum absolute atomic E-state index is 10.00. The van der Waals surface area contributed by atoms with E-state index < -0.39 is 0 Å². The molecule has 3 aromatic carbocycles. The summed E-state index contributed by atoms with van der Waals surface area (Å²) in [6, 6.07) is 28.1. The van der Waals surface area contributed by atoms with E-state index in [0.717, 1.165) is 40.8 Å². The van der Waals surface area contributed by atoms with Crippen molar-refractivity contribution >= 4 is 11.1 Å². The zero-order valence-corrected chi connectivity index (χ0v) is 19.0. The summed E-state index contributed by atoms with van der Waals surface area (Å²) in [6.45, 7) is 1.62. The minimum Gasteiger partial charge on any atom is -0.508 e. The molecule has 34 heavy (non-hydrogen) atoms. The Morgan fingerprint density at radius 2 is 1.65 bits per heavy atom. The molecule has 4 aromatic rings. The molecular weight excluding hydrogens is 422 g/mol. The molecule has 5 rings (SSSR count). The van der Waals surface area contributed by atoms with Gasteiger partial charge in [-0.05, 0) is 82.1 Å². The number of hydrogen-bond acceptors (Lipinski definition) is 4. The molecule has 0 unspecified atom stereocenters. The molecule has 0 atom stereocenters. The van der Waals surface area contributed by atoms with Gasteiger partial charge in [0.15, 0.2) is 0 Å². The number of ether oxygens (including phenoxy) is 2. The molecule has 4 nitrogen and oxygen atoms in total. The van der Waals surface area contributed by atoms with Crippen LogP contribution in [0.1, 0.15) is 34.2 Å². The van der Waals surface area contributed by atoms with E-state index in [4.69, 9.17) is 9.47 Å². The summed E-state index contributed by atoms with van der Waals surface area (Å²) in [5.41, 5.74) is 8.20. The van der Waals surface area contributed by atoms with Crippen molar-refractivity contribution in [3.8, 4) is 11.5 Å². The Morgan fingerprint density at radius 3 is 2.44 bits per heavy atom. The first-order chi connectivity index (χ1) is 16.8. The Bertz CT molecular complexity index is 1270. The van der Waals surface area contributed by atoms with Crippen LogP contribution in [-0.2, 0) is 17.8 Å². The van der Waals surface area contributed by atoms with Crippen molar-refractivity contribution in [2.75, 3.05) is 13.2 Å². The topological polar surface area (TPSA) is 51.6 Å². The van der Waals surface area contributed by atoms with Gasteiger partial charge in [-0.3, -0.25) is 4.98 Å². The molecule has 1 aromatic heterocycles. The molecule has 0 fully saturated rings. The normalized spacial score (nSPS) is 12.9. The molecule has 1 N–H and O–H groups in total. The summed E-state index contributed by atoms with van der Waals surface area (Å²) in [4.78, 5) is 4.33. The van der Waals surface area contributed by atoms with Crippen LogP contribution in [0.3, 0.4) is 0 Å². The fraction of sp³-hybridized carbons (Fsp3) is 0.167. The Balaban J connectivity index is 1.32. The van der Waals surface area contributed by atoms with Gasteiger partial charge in [-0.1, -0.05) is 54.6 Å². The summed E-state index contributed by atoms with van der Waals surface area (Å²) in [6.07, 6.45) is 5.51. The summed E-state index contributed by atoms with van der Waals surface area (Å²) < 4.78 is 11.6. The van der Waals surface area contributed by atoms with Crippen LogP contribution in [0.4, 0.5) is 0 Å². The lowest BCUT2D eigenvalue weighted by atomic mass is 9.80. The summed E-state index contributed by atoms with van der Waals surface area (Å²) in [5.74, 6) is 1.12. The quantitative estimate of drug-likeness (QED) is 0.321. The SMILES string of the molecule is Oc1ccc2c(c1)CCC(c1cccnc1)=C2c1ccc(OCCOCc2ccccc2)cc1. The summed E-state index contributed by atoms with van der Waals surface area (Å²) >= 11 is 0. The fourth-order valence-corrected chi connectivity index (χ4v) is 4.44. The molecule has 1 heterocycles. The first kappa shape index (κ1) is 21.9. The molecule has 4 heteroatoms. The summed E-state index contributed by atoms with van der Waals surface area (Å²) in [5, 5.41) is 10.00.